The lowest BCUT2D eigenvalue weighted by Gasteiger charge is -2.17. The van der Waals surface area contributed by atoms with E-state index in [1.165, 1.54) is 25.7 Å². The maximum atomic E-state index is 9.51. The summed E-state index contributed by atoms with van der Waals surface area (Å²) < 4.78 is 5.38. The number of hydrogen-bond acceptors (Lipinski definition) is 5. The van der Waals surface area contributed by atoms with Crippen LogP contribution >= 0.6 is 0 Å². The average molecular weight is 249 g/mol. The molecule has 4 unspecified atom stereocenters. The third-order valence-electron chi connectivity index (χ3n) is 4.93. The molecule has 5 nitrogen and oxygen atoms in total. The molecular formula is C13H19N3O2. The van der Waals surface area contributed by atoms with E-state index >= 15 is 0 Å². The van der Waals surface area contributed by atoms with Crippen molar-refractivity contribution in [1.29, 1.82) is 0 Å². The van der Waals surface area contributed by atoms with Crippen molar-refractivity contribution >= 4 is 0 Å². The fourth-order valence-corrected chi connectivity index (χ4v) is 4.01. The number of rotatable bonds is 2. The average Bonchev–Trinajstić information content (AvgIpc) is 3.12. The van der Waals surface area contributed by atoms with Crippen LogP contribution in [0.15, 0.2) is 4.52 Å². The van der Waals surface area contributed by atoms with E-state index in [0.717, 1.165) is 17.7 Å². The summed E-state index contributed by atoms with van der Waals surface area (Å²) in [5, 5.41) is 16.9. The van der Waals surface area contributed by atoms with Crippen LogP contribution in [0.1, 0.15) is 55.8 Å². The standard InChI is InChI=1S/C13H19N3O2/c17-9-5-11(14-6-9)13-15-12(16-18-13)10-4-7-1-2-8(10)3-7/h7-11,14,17H,1-6H2/t7?,8?,9?,10?,11-/m0/s1. The predicted molar refractivity (Wildman–Crippen MR) is 63.9 cm³/mol. The van der Waals surface area contributed by atoms with Gasteiger partial charge in [0.1, 0.15) is 0 Å². The second-order valence-electron chi connectivity index (χ2n) is 6.12. The fraction of sp³-hybridized carbons (Fsp3) is 0.846. The second kappa shape index (κ2) is 4.03. The van der Waals surface area contributed by atoms with Crippen molar-refractivity contribution in [2.45, 2.75) is 50.2 Å². The van der Waals surface area contributed by atoms with Crippen LogP contribution in [0.5, 0.6) is 0 Å². The van der Waals surface area contributed by atoms with Crippen LogP contribution in [0.4, 0.5) is 0 Å². The highest BCUT2D eigenvalue weighted by atomic mass is 16.5. The largest absolute Gasteiger partial charge is 0.392 e. The first-order chi connectivity index (χ1) is 8.79. The van der Waals surface area contributed by atoms with Gasteiger partial charge in [0.25, 0.3) is 0 Å². The molecule has 0 amide bonds. The first-order valence-electron chi connectivity index (χ1n) is 7.04. The molecule has 1 aromatic rings. The predicted octanol–water partition coefficient (Wildman–Crippen LogP) is 1.37. The molecule has 5 atom stereocenters. The molecule has 1 saturated heterocycles. The Labute approximate surface area is 106 Å². The summed E-state index contributed by atoms with van der Waals surface area (Å²) in [7, 11) is 0. The maximum absolute atomic E-state index is 9.51. The summed E-state index contributed by atoms with van der Waals surface area (Å²) in [6.45, 7) is 0.622. The smallest absolute Gasteiger partial charge is 0.243 e. The topological polar surface area (TPSA) is 71.2 Å². The molecule has 2 aliphatic carbocycles. The molecule has 18 heavy (non-hydrogen) atoms. The molecule has 2 bridgehead atoms. The van der Waals surface area contributed by atoms with Crippen LogP contribution in [-0.4, -0.2) is 27.9 Å². The lowest BCUT2D eigenvalue weighted by molar-refractivity contribution is 0.191. The highest BCUT2D eigenvalue weighted by Crippen LogP contribution is 2.52. The van der Waals surface area contributed by atoms with Gasteiger partial charge in [-0.25, -0.2) is 0 Å². The number of aliphatic hydroxyl groups is 1. The van der Waals surface area contributed by atoms with Crippen molar-refractivity contribution in [2.75, 3.05) is 6.54 Å². The molecule has 5 heteroatoms. The van der Waals surface area contributed by atoms with Crippen LogP contribution < -0.4 is 5.32 Å². The zero-order chi connectivity index (χ0) is 12.1. The molecule has 1 aliphatic heterocycles. The first kappa shape index (κ1) is 10.9. The van der Waals surface area contributed by atoms with Gasteiger partial charge in [-0.2, -0.15) is 4.98 Å². The number of β-amino-alcohol motifs (C(OH)–C–C–N with tert-alkyl or cyclic N) is 1. The van der Waals surface area contributed by atoms with E-state index < -0.39 is 0 Å². The van der Waals surface area contributed by atoms with Crippen molar-refractivity contribution in [3.63, 3.8) is 0 Å². The van der Waals surface area contributed by atoms with E-state index in [4.69, 9.17) is 4.52 Å². The normalized spacial score (nSPS) is 42.8. The zero-order valence-corrected chi connectivity index (χ0v) is 10.4. The molecule has 0 aromatic carbocycles. The Bertz CT molecular complexity index is 447. The summed E-state index contributed by atoms with van der Waals surface area (Å²) >= 11 is 0. The second-order valence-corrected chi connectivity index (χ2v) is 6.12. The van der Waals surface area contributed by atoms with Gasteiger partial charge in [-0.1, -0.05) is 11.6 Å². The van der Waals surface area contributed by atoms with Crippen molar-refractivity contribution in [3.05, 3.63) is 11.7 Å². The SMILES string of the molecule is OC1CN[C@H](c2nc(C3CC4CCC3C4)no2)C1. The molecule has 2 heterocycles. The molecule has 0 radical (unpaired) electrons. The van der Waals surface area contributed by atoms with Crippen LogP contribution in [-0.2, 0) is 0 Å². The minimum atomic E-state index is -0.284. The Hall–Kier alpha value is -0.940. The minimum absolute atomic E-state index is 0.0415. The quantitative estimate of drug-likeness (QED) is 0.828. The molecule has 4 rings (SSSR count). The molecule has 3 fully saturated rings. The fourth-order valence-electron chi connectivity index (χ4n) is 4.01. The number of nitrogens with one attached hydrogen (secondary N) is 1. The van der Waals surface area contributed by atoms with E-state index in [1.54, 1.807) is 0 Å². The number of aromatic nitrogens is 2. The summed E-state index contributed by atoms with van der Waals surface area (Å²) in [6.07, 6.45) is 5.72. The van der Waals surface area contributed by atoms with Crippen molar-refractivity contribution in [1.82, 2.24) is 15.5 Å². The summed E-state index contributed by atoms with van der Waals surface area (Å²) in [4.78, 5) is 4.58. The minimum Gasteiger partial charge on any atom is -0.392 e. The third-order valence-corrected chi connectivity index (χ3v) is 4.93. The van der Waals surface area contributed by atoms with E-state index in [2.05, 4.69) is 15.5 Å². The van der Waals surface area contributed by atoms with Gasteiger partial charge < -0.3 is 14.9 Å². The maximum Gasteiger partial charge on any atom is 0.243 e. The third kappa shape index (κ3) is 1.68. The lowest BCUT2D eigenvalue weighted by atomic mass is 9.88. The summed E-state index contributed by atoms with van der Waals surface area (Å²) in [5.74, 6) is 3.76. The highest BCUT2D eigenvalue weighted by molar-refractivity contribution is 5.08. The molecule has 3 aliphatic rings. The van der Waals surface area contributed by atoms with Crippen molar-refractivity contribution in [2.24, 2.45) is 11.8 Å². The lowest BCUT2D eigenvalue weighted by Crippen LogP contribution is -2.15. The Balaban J connectivity index is 1.52. The van der Waals surface area contributed by atoms with Crippen LogP contribution in [0, 0.1) is 11.8 Å². The van der Waals surface area contributed by atoms with Gasteiger partial charge in [-0.3, -0.25) is 0 Å². The molecule has 98 valence electrons. The summed E-state index contributed by atoms with van der Waals surface area (Å²) in [6, 6.07) is 0.0415. The Morgan fingerprint density at radius 2 is 2.17 bits per heavy atom. The van der Waals surface area contributed by atoms with Crippen LogP contribution in [0.2, 0.25) is 0 Å². The Morgan fingerprint density at radius 3 is 2.83 bits per heavy atom. The Kier molecular flexibility index (Phi) is 2.45. The Morgan fingerprint density at radius 1 is 1.22 bits per heavy atom. The van der Waals surface area contributed by atoms with E-state index in [1.807, 2.05) is 0 Å². The molecule has 2 N–H and O–H groups in total. The van der Waals surface area contributed by atoms with Gasteiger partial charge in [0.05, 0.1) is 12.1 Å². The zero-order valence-electron chi connectivity index (χ0n) is 10.4. The summed E-state index contributed by atoms with van der Waals surface area (Å²) in [5.41, 5.74) is 0. The van der Waals surface area contributed by atoms with Gasteiger partial charge >= 0.3 is 0 Å². The van der Waals surface area contributed by atoms with Gasteiger partial charge in [0, 0.05) is 12.5 Å². The van der Waals surface area contributed by atoms with Gasteiger partial charge in [-0.05, 0) is 37.5 Å². The number of fused-ring (bicyclic) bond motifs is 2. The molecule has 1 aromatic heterocycles. The molecule has 0 spiro atoms. The van der Waals surface area contributed by atoms with E-state index in [0.29, 0.717) is 24.8 Å². The van der Waals surface area contributed by atoms with E-state index in [9.17, 15) is 5.11 Å². The van der Waals surface area contributed by atoms with E-state index in [-0.39, 0.29) is 12.1 Å². The van der Waals surface area contributed by atoms with Gasteiger partial charge in [0.2, 0.25) is 5.89 Å². The number of aliphatic hydroxyl groups excluding tert-OH is 1. The highest BCUT2D eigenvalue weighted by Gasteiger charge is 2.42. The monoisotopic (exact) mass is 249 g/mol. The van der Waals surface area contributed by atoms with Gasteiger partial charge in [0.15, 0.2) is 5.82 Å². The number of hydrogen-bond donors (Lipinski definition) is 2. The number of nitrogens with zero attached hydrogens (tertiary/aromatic N) is 2. The van der Waals surface area contributed by atoms with Crippen molar-refractivity contribution in [3.8, 4) is 0 Å². The van der Waals surface area contributed by atoms with Crippen LogP contribution in [0.3, 0.4) is 0 Å². The van der Waals surface area contributed by atoms with Gasteiger partial charge in [-0.15, -0.1) is 0 Å². The van der Waals surface area contributed by atoms with Crippen molar-refractivity contribution < 1.29 is 9.63 Å². The van der Waals surface area contributed by atoms with Crippen LogP contribution in [0.25, 0.3) is 0 Å². The first-order valence-corrected chi connectivity index (χ1v) is 7.04. The molecule has 2 saturated carbocycles. The molecular weight excluding hydrogens is 230 g/mol.